The zero-order valence-electron chi connectivity index (χ0n) is 10.9. The molecule has 0 unspecified atom stereocenters. The Balaban J connectivity index is 2.45. The number of carbonyl (C=O) groups is 1. The summed E-state index contributed by atoms with van der Waals surface area (Å²) in [4.78, 5) is 13.1. The highest BCUT2D eigenvalue weighted by molar-refractivity contribution is 5.87. The Morgan fingerprint density at radius 3 is 2.42 bits per heavy atom. The number of halogens is 3. The SMILES string of the molecule is CC(C)c1ccc(C(F)(F)F)cc1N1CCC(=O)C1. The van der Waals surface area contributed by atoms with Crippen LogP contribution >= 0.6 is 0 Å². The van der Waals surface area contributed by atoms with E-state index in [0.717, 1.165) is 17.7 Å². The summed E-state index contributed by atoms with van der Waals surface area (Å²) >= 11 is 0. The summed E-state index contributed by atoms with van der Waals surface area (Å²) in [6.07, 6.45) is -3.94. The zero-order chi connectivity index (χ0) is 14.2. The first-order valence-electron chi connectivity index (χ1n) is 6.27. The number of hydrogen-bond acceptors (Lipinski definition) is 2. The molecule has 0 saturated carbocycles. The van der Waals surface area contributed by atoms with Gasteiger partial charge in [-0.2, -0.15) is 13.2 Å². The second kappa shape index (κ2) is 4.87. The van der Waals surface area contributed by atoms with Gasteiger partial charge in [0.2, 0.25) is 0 Å². The second-order valence-corrected chi connectivity index (χ2v) is 5.14. The zero-order valence-corrected chi connectivity index (χ0v) is 10.9. The van der Waals surface area contributed by atoms with Crippen molar-refractivity contribution < 1.29 is 18.0 Å². The molecule has 19 heavy (non-hydrogen) atoms. The van der Waals surface area contributed by atoms with Gasteiger partial charge in [-0.05, 0) is 23.6 Å². The van der Waals surface area contributed by atoms with E-state index in [1.165, 1.54) is 6.07 Å². The van der Waals surface area contributed by atoms with Gasteiger partial charge >= 0.3 is 6.18 Å². The lowest BCUT2D eigenvalue weighted by molar-refractivity contribution is -0.137. The highest BCUT2D eigenvalue weighted by Gasteiger charge is 2.32. The van der Waals surface area contributed by atoms with Crippen LogP contribution in [-0.2, 0) is 11.0 Å². The molecule has 1 heterocycles. The normalized spacial score (nSPS) is 16.5. The molecule has 2 nitrogen and oxygen atoms in total. The molecule has 104 valence electrons. The maximum atomic E-state index is 12.8. The monoisotopic (exact) mass is 271 g/mol. The van der Waals surface area contributed by atoms with E-state index in [-0.39, 0.29) is 18.2 Å². The standard InChI is InChI=1S/C14H16F3NO/c1-9(2)12-4-3-10(14(15,16)17)7-13(12)18-6-5-11(19)8-18/h3-4,7,9H,5-6,8H2,1-2H3. The summed E-state index contributed by atoms with van der Waals surface area (Å²) in [5, 5.41) is 0. The topological polar surface area (TPSA) is 20.3 Å². The smallest absolute Gasteiger partial charge is 0.364 e. The van der Waals surface area contributed by atoms with E-state index in [2.05, 4.69) is 0 Å². The van der Waals surface area contributed by atoms with Crippen molar-refractivity contribution in [3.05, 3.63) is 29.3 Å². The summed E-state index contributed by atoms with van der Waals surface area (Å²) in [6, 6.07) is 3.79. The third kappa shape index (κ3) is 2.91. The summed E-state index contributed by atoms with van der Waals surface area (Å²) < 4.78 is 38.3. The molecule has 0 radical (unpaired) electrons. The molecule has 1 saturated heterocycles. The third-order valence-corrected chi connectivity index (χ3v) is 3.35. The molecule has 1 fully saturated rings. The van der Waals surface area contributed by atoms with Crippen molar-refractivity contribution in [2.75, 3.05) is 18.0 Å². The van der Waals surface area contributed by atoms with Crippen molar-refractivity contribution in [2.45, 2.75) is 32.4 Å². The summed E-state index contributed by atoms with van der Waals surface area (Å²) in [5.41, 5.74) is 0.727. The van der Waals surface area contributed by atoms with Crippen LogP contribution in [0.2, 0.25) is 0 Å². The van der Waals surface area contributed by atoms with Gasteiger partial charge in [-0.3, -0.25) is 4.79 Å². The van der Waals surface area contributed by atoms with E-state index in [9.17, 15) is 18.0 Å². The molecule has 0 spiro atoms. The Bertz CT molecular complexity index is 494. The lowest BCUT2D eigenvalue weighted by Gasteiger charge is -2.24. The van der Waals surface area contributed by atoms with Crippen LogP contribution in [0.3, 0.4) is 0 Å². The van der Waals surface area contributed by atoms with Crippen molar-refractivity contribution in [1.82, 2.24) is 0 Å². The van der Waals surface area contributed by atoms with E-state index in [4.69, 9.17) is 0 Å². The molecule has 0 N–H and O–H groups in total. The van der Waals surface area contributed by atoms with E-state index in [1.807, 2.05) is 13.8 Å². The van der Waals surface area contributed by atoms with Gasteiger partial charge in [-0.15, -0.1) is 0 Å². The van der Waals surface area contributed by atoms with Crippen LogP contribution in [0.5, 0.6) is 0 Å². The third-order valence-electron chi connectivity index (χ3n) is 3.35. The van der Waals surface area contributed by atoms with Crippen molar-refractivity contribution in [1.29, 1.82) is 0 Å². The largest absolute Gasteiger partial charge is 0.416 e. The highest BCUT2D eigenvalue weighted by Crippen LogP contribution is 2.36. The summed E-state index contributed by atoms with van der Waals surface area (Å²) in [5.74, 6) is 0.195. The van der Waals surface area contributed by atoms with Crippen LogP contribution in [0.15, 0.2) is 18.2 Å². The summed E-state index contributed by atoms with van der Waals surface area (Å²) in [7, 11) is 0. The Labute approximate surface area is 110 Å². The first kappa shape index (κ1) is 13.9. The fourth-order valence-electron chi connectivity index (χ4n) is 2.32. The number of hydrogen-bond donors (Lipinski definition) is 0. The lowest BCUT2D eigenvalue weighted by atomic mass is 9.98. The predicted octanol–water partition coefficient (Wildman–Crippen LogP) is 3.61. The van der Waals surface area contributed by atoms with E-state index in [1.54, 1.807) is 4.90 Å². The number of carbonyl (C=O) groups excluding carboxylic acids is 1. The van der Waals surface area contributed by atoms with Crippen molar-refractivity contribution in [3.63, 3.8) is 0 Å². The van der Waals surface area contributed by atoms with Crippen molar-refractivity contribution in [2.24, 2.45) is 0 Å². The Hall–Kier alpha value is -1.52. The molecule has 1 aliphatic heterocycles. The van der Waals surface area contributed by atoms with Gasteiger partial charge in [-0.1, -0.05) is 19.9 Å². The van der Waals surface area contributed by atoms with E-state index in [0.29, 0.717) is 18.7 Å². The quantitative estimate of drug-likeness (QED) is 0.819. The molecular weight excluding hydrogens is 255 g/mol. The first-order valence-corrected chi connectivity index (χ1v) is 6.27. The average molecular weight is 271 g/mol. The molecule has 0 amide bonds. The van der Waals surface area contributed by atoms with E-state index < -0.39 is 11.7 Å². The van der Waals surface area contributed by atoms with E-state index >= 15 is 0 Å². The number of alkyl halides is 3. The number of nitrogens with zero attached hydrogens (tertiary/aromatic N) is 1. The Morgan fingerprint density at radius 1 is 1.26 bits per heavy atom. The van der Waals surface area contributed by atoms with Crippen molar-refractivity contribution in [3.8, 4) is 0 Å². The number of Topliss-reactive ketones (excluding diaryl/α,β-unsaturated/α-hetero) is 1. The van der Waals surface area contributed by atoms with Crippen molar-refractivity contribution >= 4 is 11.5 Å². The predicted molar refractivity (Wildman–Crippen MR) is 67.4 cm³/mol. The first-order chi connectivity index (χ1) is 8.79. The molecule has 0 aliphatic carbocycles. The Kier molecular flexibility index (Phi) is 3.56. The molecular formula is C14H16F3NO. The lowest BCUT2D eigenvalue weighted by Crippen LogP contribution is -2.22. The number of benzene rings is 1. The molecule has 1 aliphatic rings. The summed E-state index contributed by atoms with van der Waals surface area (Å²) in [6.45, 7) is 4.58. The van der Waals surface area contributed by atoms with Crippen LogP contribution in [0.25, 0.3) is 0 Å². The van der Waals surface area contributed by atoms with Crippen LogP contribution in [0.1, 0.15) is 37.3 Å². The Morgan fingerprint density at radius 2 is 1.95 bits per heavy atom. The van der Waals surface area contributed by atoms with Gasteiger partial charge in [0.05, 0.1) is 12.1 Å². The molecule has 1 aromatic rings. The number of anilines is 1. The van der Waals surface area contributed by atoms with Crippen LogP contribution in [0.4, 0.5) is 18.9 Å². The van der Waals surface area contributed by atoms with Crippen LogP contribution in [0, 0.1) is 0 Å². The number of ketones is 1. The van der Waals surface area contributed by atoms with Gasteiger partial charge < -0.3 is 4.90 Å². The molecule has 1 aromatic carbocycles. The van der Waals surface area contributed by atoms with Gasteiger partial charge in [0, 0.05) is 18.7 Å². The van der Waals surface area contributed by atoms with Gasteiger partial charge in [-0.25, -0.2) is 0 Å². The molecule has 0 bridgehead atoms. The molecule has 5 heteroatoms. The second-order valence-electron chi connectivity index (χ2n) is 5.14. The molecule has 0 atom stereocenters. The average Bonchev–Trinajstić information content (AvgIpc) is 2.73. The minimum Gasteiger partial charge on any atom is -0.364 e. The molecule has 2 rings (SSSR count). The van der Waals surface area contributed by atoms with Crippen LogP contribution in [-0.4, -0.2) is 18.9 Å². The maximum Gasteiger partial charge on any atom is 0.416 e. The van der Waals surface area contributed by atoms with Crippen LogP contribution < -0.4 is 4.90 Å². The maximum absolute atomic E-state index is 12.8. The fraction of sp³-hybridized carbons (Fsp3) is 0.500. The van der Waals surface area contributed by atoms with Gasteiger partial charge in [0.25, 0.3) is 0 Å². The molecule has 0 aromatic heterocycles. The number of rotatable bonds is 2. The van der Waals surface area contributed by atoms with Gasteiger partial charge in [0.15, 0.2) is 5.78 Å². The fourth-order valence-corrected chi connectivity index (χ4v) is 2.32. The minimum absolute atomic E-state index is 0.0760. The van der Waals surface area contributed by atoms with Gasteiger partial charge in [0.1, 0.15) is 0 Å². The minimum atomic E-state index is -4.35. The highest BCUT2D eigenvalue weighted by atomic mass is 19.4.